The molecule has 0 spiro atoms. The lowest BCUT2D eigenvalue weighted by Crippen LogP contribution is -2.62. The highest BCUT2D eigenvalue weighted by Crippen LogP contribution is 2.34. The van der Waals surface area contributed by atoms with Crippen LogP contribution >= 0.6 is 0 Å². The maximum absolute atomic E-state index is 13.6. The van der Waals surface area contributed by atoms with Crippen molar-refractivity contribution in [2.45, 2.75) is 24.6 Å². The van der Waals surface area contributed by atoms with Gasteiger partial charge in [0, 0.05) is 19.6 Å². The molecule has 3 fully saturated rings. The highest BCUT2D eigenvalue weighted by molar-refractivity contribution is 5.01. The smallest absolute Gasteiger partial charge is 0.129 e. The third kappa shape index (κ3) is 0.772. The van der Waals surface area contributed by atoms with Crippen LogP contribution in [0, 0.1) is 0 Å². The number of hydrogen-bond acceptors (Lipinski definition) is 2. The third-order valence-electron chi connectivity index (χ3n) is 2.81. The van der Waals surface area contributed by atoms with E-state index in [0.29, 0.717) is 12.8 Å². The molecule has 2 nitrogen and oxygen atoms in total. The van der Waals surface area contributed by atoms with Gasteiger partial charge in [-0.2, -0.15) is 0 Å². The van der Waals surface area contributed by atoms with E-state index < -0.39 is 5.67 Å². The average Bonchev–Trinajstić information content (AvgIpc) is 1.92. The Hall–Kier alpha value is -0.150. The molecule has 2 N–H and O–H groups in total. The number of nitrogens with zero attached hydrogens (tertiary/aromatic N) is 1. The van der Waals surface area contributed by atoms with Gasteiger partial charge in [0.1, 0.15) is 5.67 Å². The Labute approximate surface area is 60.2 Å². The van der Waals surface area contributed by atoms with E-state index in [2.05, 4.69) is 4.90 Å². The second-order valence-electron chi connectivity index (χ2n) is 3.44. The lowest BCUT2D eigenvalue weighted by molar-refractivity contribution is -0.0245. The number of hydrogen-bond donors (Lipinski definition) is 1. The number of halogens is 1. The topological polar surface area (TPSA) is 29.3 Å². The summed E-state index contributed by atoms with van der Waals surface area (Å²) >= 11 is 0. The Morgan fingerprint density at radius 3 is 2.30 bits per heavy atom. The van der Waals surface area contributed by atoms with Crippen LogP contribution in [0.2, 0.25) is 0 Å². The number of rotatable bonds is 0. The van der Waals surface area contributed by atoms with Crippen molar-refractivity contribution in [3.63, 3.8) is 0 Å². The van der Waals surface area contributed by atoms with Gasteiger partial charge in [-0.3, -0.25) is 0 Å². The molecular formula is C7H13FN2. The van der Waals surface area contributed by atoms with E-state index in [4.69, 9.17) is 5.73 Å². The summed E-state index contributed by atoms with van der Waals surface area (Å²) in [7, 11) is 0. The number of fused-ring (bicyclic) bond motifs is 3. The first-order chi connectivity index (χ1) is 4.71. The lowest BCUT2D eigenvalue weighted by atomic mass is 9.81. The van der Waals surface area contributed by atoms with Crippen molar-refractivity contribution in [2.75, 3.05) is 19.6 Å². The molecule has 0 saturated carbocycles. The summed E-state index contributed by atoms with van der Waals surface area (Å²) in [5.74, 6) is 0. The molecule has 3 aliphatic heterocycles. The standard InChI is InChI=1S/C7H13FN2/c8-7-1-3-10(4-2-7)5-6(7)9/h6H,1-5,9H2. The van der Waals surface area contributed by atoms with Crippen molar-refractivity contribution in [3.05, 3.63) is 0 Å². The van der Waals surface area contributed by atoms with Gasteiger partial charge in [0.25, 0.3) is 0 Å². The van der Waals surface area contributed by atoms with Gasteiger partial charge in [-0.25, -0.2) is 4.39 Å². The monoisotopic (exact) mass is 144 g/mol. The fourth-order valence-electron chi connectivity index (χ4n) is 1.92. The van der Waals surface area contributed by atoms with Crippen LogP contribution in [0.3, 0.4) is 0 Å². The minimum atomic E-state index is -1.02. The summed E-state index contributed by atoms with van der Waals surface area (Å²) < 4.78 is 13.6. The average molecular weight is 144 g/mol. The van der Waals surface area contributed by atoms with Crippen LogP contribution in [-0.2, 0) is 0 Å². The van der Waals surface area contributed by atoms with Crippen LogP contribution < -0.4 is 5.73 Å². The molecule has 2 bridgehead atoms. The highest BCUT2D eigenvalue weighted by Gasteiger charge is 2.45. The molecule has 0 aromatic rings. The highest BCUT2D eigenvalue weighted by atomic mass is 19.1. The van der Waals surface area contributed by atoms with Crippen molar-refractivity contribution in [2.24, 2.45) is 5.73 Å². The summed E-state index contributed by atoms with van der Waals surface area (Å²) in [4.78, 5) is 2.24. The molecule has 10 heavy (non-hydrogen) atoms. The van der Waals surface area contributed by atoms with Crippen LogP contribution in [-0.4, -0.2) is 36.2 Å². The summed E-state index contributed by atoms with van der Waals surface area (Å²) in [6.07, 6.45) is 1.29. The van der Waals surface area contributed by atoms with Crippen LogP contribution in [0.5, 0.6) is 0 Å². The maximum atomic E-state index is 13.6. The SMILES string of the molecule is NC1CN2CCC1(F)CC2. The van der Waals surface area contributed by atoms with E-state index in [1.165, 1.54) is 0 Å². The molecule has 0 aliphatic carbocycles. The largest absolute Gasteiger partial charge is 0.324 e. The molecule has 3 saturated heterocycles. The van der Waals surface area contributed by atoms with Crippen molar-refractivity contribution in [1.29, 1.82) is 0 Å². The van der Waals surface area contributed by atoms with Gasteiger partial charge in [0.2, 0.25) is 0 Å². The molecule has 3 aliphatic rings. The van der Waals surface area contributed by atoms with Crippen molar-refractivity contribution >= 4 is 0 Å². The second kappa shape index (κ2) is 1.92. The van der Waals surface area contributed by atoms with E-state index in [1.807, 2.05) is 0 Å². The molecule has 3 heteroatoms. The molecule has 1 unspecified atom stereocenters. The fourth-order valence-corrected chi connectivity index (χ4v) is 1.92. The Kier molecular flexibility index (Phi) is 1.26. The van der Waals surface area contributed by atoms with Gasteiger partial charge in [0.05, 0.1) is 6.04 Å². The van der Waals surface area contributed by atoms with Gasteiger partial charge in [-0.1, -0.05) is 0 Å². The first-order valence-corrected chi connectivity index (χ1v) is 3.88. The zero-order valence-electron chi connectivity index (χ0n) is 6.02. The van der Waals surface area contributed by atoms with Gasteiger partial charge in [-0.05, 0) is 12.8 Å². The van der Waals surface area contributed by atoms with Crippen LogP contribution in [0.4, 0.5) is 4.39 Å². The molecule has 3 rings (SSSR count). The Morgan fingerprint density at radius 2 is 2.00 bits per heavy atom. The van der Waals surface area contributed by atoms with E-state index >= 15 is 0 Å². The van der Waals surface area contributed by atoms with Crippen LogP contribution in [0.1, 0.15) is 12.8 Å². The van der Waals surface area contributed by atoms with Crippen LogP contribution in [0.25, 0.3) is 0 Å². The van der Waals surface area contributed by atoms with Crippen molar-refractivity contribution in [3.8, 4) is 0 Å². The third-order valence-corrected chi connectivity index (χ3v) is 2.81. The molecule has 0 radical (unpaired) electrons. The predicted octanol–water partition coefficient (Wildman–Crippen LogP) is 0.131. The number of piperidine rings is 3. The van der Waals surface area contributed by atoms with E-state index in [1.54, 1.807) is 0 Å². The molecule has 58 valence electrons. The molecule has 0 amide bonds. The zero-order chi connectivity index (χ0) is 7.19. The molecule has 1 atom stereocenters. The number of alkyl halides is 1. The van der Waals surface area contributed by atoms with Crippen molar-refractivity contribution in [1.82, 2.24) is 4.90 Å². The van der Waals surface area contributed by atoms with Gasteiger partial charge in [-0.15, -0.1) is 0 Å². The number of nitrogens with two attached hydrogens (primary N) is 1. The summed E-state index contributed by atoms with van der Waals surface area (Å²) in [5, 5.41) is 0. The Morgan fingerprint density at radius 1 is 1.40 bits per heavy atom. The molecule has 0 aromatic carbocycles. The molecule has 0 aromatic heterocycles. The summed E-state index contributed by atoms with van der Waals surface area (Å²) in [6.45, 7) is 2.57. The van der Waals surface area contributed by atoms with Gasteiger partial charge < -0.3 is 10.6 Å². The molecule has 3 heterocycles. The minimum absolute atomic E-state index is 0.227. The van der Waals surface area contributed by atoms with E-state index in [0.717, 1.165) is 19.6 Å². The second-order valence-corrected chi connectivity index (χ2v) is 3.44. The quantitative estimate of drug-likeness (QED) is 0.523. The van der Waals surface area contributed by atoms with Crippen molar-refractivity contribution < 1.29 is 4.39 Å². The fraction of sp³-hybridized carbons (Fsp3) is 1.00. The Bertz CT molecular complexity index is 141. The van der Waals surface area contributed by atoms with E-state index in [-0.39, 0.29) is 6.04 Å². The Balaban J connectivity index is 2.17. The first-order valence-electron chi connectivity index (χ1n) is 3.88. The predicted molar refractivity (Wildman–Crippen MR) is 37.5 cm³/mol. The van der Waals surface area contributed by atoms with Crippen LogP contribution in [0.15, 0.2) is 0 Å². The van der Waals surface area contributed by atoms with E-state index in [9.17, 15) is 4.39 Å². The van der Waals surface area contributed by atoms with Gasteiger partial charge >= 0.3 is 0 Å². The first kappa shape index (κ1) is 6.55. The zero-order valence-corrected chi connectivity index (χ0v) is 6.02. The lowest BCUT2D eigenvalue weighted by Gasteiger charge is -2.47. The minimum Gasteiger partial charge on any atom is -0.324 e. The summed E-state index contributed by atoms with van der Waals surface area (Å²) in [5.41, 5.74) is 4.62. The van der Waals surface area contributed by atoms with Gasteiger partial charge in [0.15, 0.2) is 0 Å². The molecular weight excluding hydrogens is 131 g/mol. The normalized spacial score (nSPS) is 53.4. The maximum Gasteiger partial charge on any atom is 0.129 e. The summed E-state index contributed by atoms with van der Waals surface area (Å²) in [6, 6.07) is -0.227.